The summed E-state index contributed by atoms with van der Waals surface area (Å²) in [6.45, 7) is 2.17. The molecule has 0 atom stereocenters. The molecule has 0 aliphatic carbocycles. The molecular weight excluding hydrogens is 359 g/mol. The van der Waals surface area contributed by atoms with Crippen LogP contribution in [0.25, 0.3) is 6.08 Å². The van der Waals surface area contributed by atoms with Crippen LogP contribution < -0.4 is 5.43 Å². The van der Waals surface area contributed by atoms with Crippen LogP contribution in [0.4, 0.5) is 4.39 Å². The number of benzene rings is 2. The summed E-state index contributed by atoms with van der Waals surface area (Å²) in [7, 11) is 0. The molecule has 0 aliphatic heterocycles. The van der Waals surface area contributed by atoms with Crippen molar-refractivity contribution in [3.8, 4) is 0 Å². The third-order valence-corrected chi connectivity index (χ3v) is 4.88. The van der Waals surface area contributed by atoms with Crippen LogP contribution in [0.3, 0.4) is 0 Å². The van der Waals surface area contributed by atoms with E-state index in [0.717, 1.165) is 48.6 Å². The third kappa shape index (κ3) is 8.22. The molecule has 0 unspecified atom stereocenters. The Morgan fingerprint density at radius 1 is 1.11 bits per heavy atom. The van der Waals surface area contributed by atoms with Gasteiger partial charge < -0.3 is 0 Å². The van der Waals surface area contributed by atoms with Gasteiger partial charge in [0.1, 0.15) is 5.82 Å². The zero-order valence-corrected chi connectivity index (χ0v) is 16.3. The number of allylic oxidation sites excluding steroid dienone is 1. The lowest BCUT2D eigenvalue weighted by molar-refractivity contribution is -0.118. The first-order chi connectivity index (χ1) is 13.2. The van der Waals surface area contributed by atoms with Crippen LogP contribution in [0.1, 0.15) is 38.2 Å². The van der Waals surface area contributed by atoms with Gasteiger partial charge in [0.25, 0.3) is 0 Å². The Hall–Kier alpha value is -2.40. The molecule has 1 amide bonds. The summed E-state index contributed by atoms with van der Waals surface area (Å²) in [5.74, 6) is -0.457. The first kappa shape index (κ1) is 20.9. The minimum atomic E-state index is -0.317. The fraction of sp³-hybridized carbons (Fsp3) is 0.273. The number of nitrogens with one attached hydrogen (secondary N) is 1. The average Bonchev–Trinajstić information content (AvgIpc) is 2.68. The molecule has 0 saturated heterocycles. The molecule has 0 aliphatic rings. The lowest BCUT2D eigenvalue weighted by atomic mass is 10.1. The zero-order valence-electron chi connectivity index (χ0n) is 15.5. The quantitative estimate of drug-likeness (QED) is 0.248. The molecule has 1 N–H and O–H groups in total. The molecule has 0 radical (unpaired) electrons. The molecule has 2 rings (SSSR count). The number of hydrogen-bond acceptors (Lipinski definition) is 3. The van der Waals surface area contributed by atoms with Crippen LogP contribution >= 0.6 is 11.8 Å². The molecule has 0 saturated carbocycles. The fourth-order valence-corrected chi connectivity index (χ4v) is 3.17. The van der Waals surface area contributed by atoms with Gasteiger partial charge in [-0.3, -0.25) is 4.79 Å². The Balaban J connectivity index is 1.89. The topological polar surface area (TPSA) is 41.5 Å². The number of halogens is 1. The second-order valence-electron chi connectivity index (χ2n) is 6.10. The largest absolute Gasteiger partial charge is 0.272 e. The van der Waals surface area contributed by atoms with Gasteiger partial charge in [-0.1, -0.05) is 68.3 Å². The number of hydrazone groups is 1. The molecule has 142 valence electrons. The Bertz CT molecular complexity index is 775. The second-order valence-corrected chi connectivity index (χ2v) is 7.12. The van der Waals surface area contributed by atoms with Crippen molar-refractivity contribution in [2.24, 2.45) is 5.10 Å². The predicted molar refractivity (Wildman–Crippen MR) is 112 cm³/mol. The molecule has 3 nitrogen and oxygen atoms in total. The zero-order chi connectivity index (χ0) is 19.3. The minimum Gasteiger partial charge on any atom is -0.272 e. The van der Waals surface area contributed by atoms with Crippen LogP contribution in [0.5, 0.6) is 0 Å². The third-order valence-electron chi connectivity index (χ3n) is 3.84. The van der Waals surface area contributed by atoms with Gasteiger partial charge in [-0.25, -0.2) is 9.82 Å². The minimum absolute atomic E-state index is 0.117. The molecule has 0 bridgehead atoms. The first-order valence-corrected chi connectivity index (χ1v) is 10.1. The molecule has 2 aromatic rings. The van der Waals surface area contributed by atoms with Gasteiger partial charge in [0.2, 0.25) is 5.91 Å². The number of carbonyl (C=O) groups is 1. The molecular formula is C22H25FN2OS. The van der Waals surface area contributed by atoms with Crippen molar-refractivity contribution in [2.45, 2.75) is 37.5 Å². The van der Waals surface area contributed by atoms with Gasteiger partial charge in [0.05, 0.1) is 12.0 Å². The van der Waals surface area contributed by atoms with E-state index >= 15 is 0 Å². The SMILES string of the molecule is CCCCCC(/C=N\NC(=O)CSc1ccccc1F)=C\c1ccccc1. The number of rotatable bonds is 10. The standard InChI is InChI=1S/C22H25FN2OS/c1-2-3-5-12-19(15-18-10-6-4-7-11-18)16-24-25-22(26)17-27-21-14-9-8-13-20(21)23/h4,6-11,13-16H,2-3,5,12,17H2,1H3,(H,25,26)/b19-15+,24-16-. The lowest BCUT2D eigenvalue weighted by Gasteiger charge is -2.04. The van der Waals surface area contributed by atoms with Crippen LogP contribution in [0.2, 0.25) is 0 Å². The van der Waals surface area contributed by atoms with Crippen molar-refractivity contribution in [1.29, 1.82) is 0 Å². The number of unbranched alkanes of at least 4 members (excludes halogenated alkanes) is 2. The maximum atomic E-state index is 13.6. The number of nitrogens with zero attached hydrogens (tertiary/aromatic N) is 1. The normalized spacial score (nSPS) is 11.7. The van der Waals surface area contributed by atoms with Gasteiger partial charge in [0.15, 0.2) is 0 Å². The van der Waals surface area contributed by atoms with E-state index in [-0.39, 0.29) is 17.5 Å². The van der Waals surface area contributed by atoms with Crippen LogP contribution in [0, 0.1) is 5.82 Å². The Morgan fingerprint density at radius 2 is 1.85 bits per heavy atom. The van der Waals surface area contributed by atoms with Crippen molar-refractivity contribution >= 4 is 30.0 Å². The number of hydrogen-bond donors (Lipinski definition) is 1. The van der Waals surface area contributed by atoms with E-state index in [2.05, 4.69) is 23.5 Å². The summed E-state index contributed by atoms with van der Waals surface area (Å²) < 4.78 is 13.6. The smallest absolute Gasteiger partial charge is 0.250 e. The van der Waals surface area contributed by atoms with E-state index in [9.17, 15) is 9.18 Å². The summed E-state index contributed by atoms with van der Waals surface area (Å²) >= 11 is 1.16. The molecule has 27 heavy (non-hydrogen) atoms. The molecule has 5 heteroatoms. The second kappa shape index (κ2) is 12.1. The molecule has 0 spiro atoms. The highest BCUT2D eigenvalue weighted by atomic mass is 32.2. The maximum Gasteiger partial charge on any atom is 0.250 e. The van der Waals surface area contributed by atoms with Crippen LogP contribution in [-0.2, 0) is 4.79 Å². The number of carbonyl (C=O) groups excluding carboxylic acids is 1. The molecule has 0 fully saturated rings. The highest BCUT2D eigenvalue weighted by Crippen LogP contribution is 2.20. The molecule has 0 aromatic heterocycles. The first-order valence-electron chi connectivity index (χ1n) is 9.14. The van der Waals surface area contributed by atoms with E-state index in [4.69, 9.17) is 0 Å². The Labute approximate surface area is 164 Å². The van der Waals surface area contributed by atoms with Crippen molar-refractivity contribution in [3.05, 3.63) is 71.6 Å². The van der Waals surface area contributed by atoms with Crippen molar-refractivity contribution in [3.63, 3.8) is 0 Å². The summed E-state index contributed by atoms with van der Waals surface area (Å²) in [4.78, 5) is 12.4. The van der Waals surface area contributed by atoms with E-state index in [1.54, 1.807) is 24.4 Å². The number of thioether (sulfide) groups is 1. The summed E-state index contributed by atoms with van der Waals surface area (Å²) in [5, 5.41) is 4.08. The van der Waals surface area contributed by atoms with Crippen molar-refractivity contribution in [2.75, 3.05) is 5.75 Å². The lowest BCUT2D eigenvalue weighted by Crippen LogP contribution is -2.19. The van der Waals surface area contributed by atoms with Gasteiger partial charge in [-0.05, 0) is 36.1 Å². The van der Waals surface area contributed by atoms with Gasteiger partial charge in [0, 0.05) is 4.90 Å². The Kier molecular flexibility index (Phi) is 9.35. The van der Waals surface area contributed by atoms with Crippen molar-refractivity contribution < 1.29 is 9.18 Å². The molecule has 0 heterocycles. The average molecular weight is 385 g/mol. The van der Waals surface area contributed by atoms with E-state index in [0.29, 0.717) is 4.90 Å². The summed E-state index contributed by atoms with van der Waals surface area (Å²) in [6, 6.07) is 16.5. The highest BCUT2D eigenvalue weighted by Gasteiger charge is 2.05. The molecule has 2 aromatic carbocycles. The summed E-state index contributed by atoms with van der Waals surface area (Å²) in [6.07, 6.45) is 8.09. The van der Waals surface area contributed by atoms with E-state index in [1.165, 1.54) is 6.07 Å². The maximum absolute atomic E-state index is 13.6. The van der Waals surface area contributed by atoms with Crippen LogP contribution in [0.15, 0.2) is 70.2 Å². The van der Waals surface area contributed by atoms with E-state index in [1.807, 2.05) is 30.3 Å². The fourth-order valence-electron chi connectivity index (χ4n) is 2.44. The predicted octanol–water partition coefficient (Wildman–Crippen LogP) is 5.68. The Morgan fingerprint density at radius 3 is 2.59 bits per heavy atom. The monoisotopic (exact) mass is 384 g/mol. The van der Waals surface area contributed by atoms with Crippen LogP contribution in [-0.4, -0.2) is 17.9 Å². The summed E-state index contributed by atoms with van der Waals surface area (Å²) in [5.41, 5.74) is 4.70. The number of amides is 1. The van der Waals surface area contributed by atoms with Gasteiger partial charge in [-0.2, -0.15) is 5.10 Å². The van der Waals surface area contributed by atoms with Gasteiger partial charge in [-0.15, -0.1) is 11.8 Å². The van der Waals surface area contributed by atoms with Gasteiger partial charge >= 0.3 is 0 Å². The highest BCUT2D eigenvalue weighted by molar-refractivity contribution is 8.00. The van der Waals surface area contributed by atoms with E-state index < -0.39 is 0 Å². The van der Waals surface area contributed by atoms with Crippen molar-refractivity contribution in [1.82, 2.24) is 5.43 Å².